The molecule has 1 aromatic heterocycles. The first kappa shape index (κ1) is 15.8. The van der Waals surface area contributed by atoms with Crippen LogP contribution < -0.4 is 5.73 Å². The number of nitrogens with two attached hydrogens (primary N) is 1. The fourth-order valence-electron chi connectivity index (χ4n) is 2.10. The summed E-state index contributed by atoms with van der Waals surface area (Å²) in [7, 11) is 0. The first-order valence-electron chi connectivity index (χ1n) is 6.96. The van der Waals surface area contributed by atoms with Gasteiger partial charge in [0.2, 0.25) is 0 Å². The fraction of sp³-hybridized carbons (Fsp3) is 0.250. The van der Waals surface area contributed by atoms with Crippen molar-refractivity contribution >= 4 is 11.8 Å². The van der Waals surface area contributed by atoms with Gasteiger partial charge >= 0.3 is 6.09 Å². The van der Waals surface area contributed by atoms with Crippen LogP contribution in [-0.2, 0) is 6.42 Å². The number of pyridine rings is 1. The molecule has 116 valence electrons. The maximum atomic E-state index is 11.3. The molecule has 0 spiro atoms. The second kappa shape index (κ2) is 7.42. The molecule has 0 unspecified atom stereocenters. The molecule has 1 aromatic carbocycles. The molecule has 0 aliphatic heterocycles. The van der Waals surface area contributed by atoms with Crippen LogP contribution in [0.5, 0.6) is 0 Å². The minimum absolute atomic E-state index is 0.00992. The third-order valence-electron chi connectivity index (χ3n) is 3.38. The van der Waals surface area contributed by atoms with Crippen LogP contribution in [0.4, 0.5) is 10.5 Å². The lowest BCUT2D eigenvalue weighted by molar-refractivity contribution is 0.0971. The molecule has 1 heterocycles. The molecule has 0 aliphatic carbocycles. The summed E-state index contributed by atoms with van der Waals surface area (Å²) in [6.07, 6.45) is 1.75. The predicted molar refractivity (Wildman–Crippen MR) is 83.4 cm³/mol. The van der Waals surface area contributed by atoms with Gasteiger partial charge in [-0.25, -0.2) is 4.79 Å². The molecule has 1 atom stereocenters. The van der Waals surface area contributed by atoms with Crippen molar-refractivity contribution < 1.29 is 15.0 Å². The zero-order valence-electron chi connectivity index (χ0n) is 12.1. The Morgan fingerprint density at radius 2 is 2.00 bits per heavy atom. The average molecular weight is 301 g/mol. The number of hydrogen-bond donors (Lipinski definition) is 3. The van der Waals surface area contributed by atoms with E-state index in [1.54, 1.807) is 30.5 Å². The van der Waals surface area contributed by atoms with Crippen LogP contribution in [-0.4, -0.2) is 39.3 Å². The molecular formula is C16H19N3O3. The number of carboxylic acid groups (broad SMARTS) is 1. The summed E-state index contributed by atoms with van der Waals surface area (Å²) in [5.74, 6) is 0. The number of nitrogen functional groups attached to an aromatic ring is 1. The Morgan fingerprint density at radius 3 is 2.59 bits per heavy atom. The van der Waals surface area contributed by atoms with Gasteiger partial charge in [-0.2, -0.15) is 0 Å². The van der Waals surface area contributed by atoms with Crippen LogP contribution in [0.15, 0.2) is 48.8 Å². The van der Waals surface area contributed by atoms with E-state index < -0.39 is 12.2 Å². The number of nitrogens with zero attached hydrogens (tertiary/aromatic N) is 2. The van der Waals surface area contributed by atoms with E-state index in [9.17, 15) is 15.0 Å². The molecule has 4 N–H and O–H groups in total. The van der Waals surface area contributed by atoms with E-state index in [1.165, 1.54) is 11.1 Å². The summed E-state index contributed by atoms with van der Waals surface area (Å²) in [6.45, 7) is 0.312. The Kier molecular flexibility index (Phi) is 5.32. The quantitative estimate of drug-likeness (QED) is 0.708. The molecule has 0 saturated carbocycles. The van der Waals surface area contributed by atoms with E-state index in [-0.39, 0.29) is 6.54 Å². The van der Waals surface area contributed by atoms with Gasteiger partial charge in [-0.05, 0) is 30.2 Å². The van der Waals surface area contributed by atoms with Crippen molar-refractivity contribution in [1.29, 1.82) is 0 Å². The van der Waals surface area contributed by atoms with Crippen molar-refractivity contribution in [3.8, 4) is 0 Å². The highest BCUT2D eigenvalue weighted by molar-refractivity contribution is 5.65. The van der Waals surface area contributed by atoms with Crippen molar-refractivity contribution in [2.75, 3.05) is 18.8 Å². The third-order valence-corrected chi connectivity index (χ3v) is 3.38. The van der Waals surface area contributed by atoms with Gasteiger partial charge in [0.15, 0.2) is 0 Å². The number of aliphatic hydroxyl groups excluding tert-OH is 1. The zero-order valence-corrected chi connectivity index (χ0v) is 12.1. The molecule has 6 heteroatoms. The highest BCUT2D eigenvalue weighted by Gasteiger charge is 2.17. The topological polar surface area (TPSA) is 99.7 Å². The average Bonchev–Trinajstić information content (AvgIpc) is 2.53. The van der Waals surface area contributed by atoms with Gasteiger partial charge in [0, 0.05) is 30.2 Å². The second-order valence-corrected chi connectivity index (χ2v) is 5.02. The van der Waals surface area contributed by atoms with E-state index in [2.05, 4.69) is 4.98 Å². The van der Waals surface area contributed by atoms with Crippen LogP contribution in [0.1, 0.15) is 17.2 Å². The van der Waals surface area contributed by atoms with E-state index in [1.807, 2.05) is 12.1 Å². The number of aromatic nitrogens is 1. The van der Waals surface area contributed by atoms with Crippen LogP contribution in [0.2, 0.25) is 0 Å². The first-order valence-corrected chi connectivity index (χ1v) is 6.96. The number of hydrogen-bond acceptors (Lipinski definition) is 4. The van der Waals surface area contributed by atoms with Gasteiger partial charge in [0.25, 0.3) is 0 Å². The van der Waals surface area contributed by atoms with Crippen LogP contribution in [0.3, 0.4) is 0 Å². The standard InChI is InChI=1S/C16H19N3O3/c17-14-5-3-12(4-6-14)7-9-19(16(21)22)11-15(20)13-2-1-8-18-10-13/h1-6,8,10,15,20H,7,9,11,17H2,(H,21,22)/t15-/m0/s1. The van der Waals surface area contributed by atoms with E-state index >= 15 is 0 Å². The molecule has 1 amide bonds. The monoisotopic (exact) mass is 301 g/mol. The summed E-state index contributed by atoms with van der Waals surface area (Å²) in [5.41, 5.74) is 7.88. The summed E-state index contributed by atoms with van der Waals surface area (Å²) >= 11 is 0. The number of rotatable bonds is 6. The van der Waals surface area contributed by atoms with Crippen LogP contribution in [0, 0.1) is 0 Å². The van der Waals surface area contributed by atoms with Crippen molar-refractivity contribution in [2.45, 2.75) is 12.5 Å². The predicted octanol–water partition coefficient (Wildman–Crippen LogP) is 1.92. The maximum absolute atomic E-state index is 11.3. The molecule has 0 radical (unpaired) electrons. The smallest absolute Gasteiger partial charge is 0.407 e. The summed E-state index contributed by atoms with van der Waals surface area (Å²) in [4.78, 5) is 16.4. The summed E-state index contributed by atoms with van der Waals surface area (Å²) in [6, 6.07) is 10.7. The van der Waals surface area contributed by atoms with E-state index in [0.717, 1.165) is 5.56 Å². The molecule has 2 rings (SSSR count). The molecule has 6 nitrogen and oxygen atoms in total. The highest BCUT2D eigenvalue weighted by atomic mass is 16.4. The highest BCUT2D eigenvalue weighted by Crippen LogP contribution is 2.14. The van der Waals surface area contributed by atoms with Gasteiger partial charge < -0.3 is 20.8 Å². The second-order valence-electron chi connectivity index (χ2n) is 5.02. The number of aliphatic hydroxyl groups is 1. The van der Waals surface area contributed by atoms with E-state index in [4.69, 9.17) is 5.73 Å². The van der Waals surface area contributed by atoms with Crippen LogP contribution >= 0.6 is 0 Å². The molecule has 22 heavy (non-hydrogen) atoms. The lowest BCUT2D eigenvalue weighted by atomic mass is 10.1. The molecule has 0 bridgehead atoms. The lowest BCUT2D eigenvalue weighted by Crippen LogP contribution is -2.35. The number of anilines is 1. The van der Waals surface area contributed by atoms with Crippen LogP contribution in [0.25, 0.3) is 0 Å². The minimum atomic E-state index is -1.06. The molecule has 0 aliphatic rings. The summed E-state index contributed by atoms with van der Waals surface area (Å²) < 4.78 is 0. The Morgan fingerprint density at radius 1 is 1.27 bits per heavy atom. The van der Waals surface area contributed by atoms with Gasteiger partial charge in [0.1, 0.15) is 0 Å². The van der Waals surface area contributed by atoms with Crippen molar-refractivity contribution in [1.82, 2.24) is 9.88 Å². The summed E-state index contributed by atoms with van der Waals surface area (Å²) in [5, 5.41) is 19.4. The zero-order chi connectivity index (χ0) is 15.9. The van der Waals surface area contributed by atoms with Gasteiger partial charge in [-0.3, -0.25) is 4.98 Å². The Bertz CT molecular complexity index is 602. The maximum Gasteiger partial charge on any atom is 0.407 e. The molecule has 0 saturated heterocycles. The van der Waals surface area contributed by atoms with Crippen molar-refractivity contribution in [3.05, 3.63) is 59.9 Å². The Labute approximate surface area is 128 Å². The Balaban J connectivity index is 1.95. The normalized spacial score (nSPS) is 11.9. The van der Waals surface area contributed by atoms with Gasteiger partial charge in [-0.15, -0.1) is 0 Å². The van der Waals surface area contributed by atoms with Gasteiger partial charge in [-0.1, -0.05) is 18.2 Å². The van der Waals surface area contributed by atoms with Gasteiger partial charge in [0.05, 0.1) is 12.6 Å². The fourth-order valence-corrected chi connectivity index (χ4v) is 2.10. The third kappa shape index (κ3) is 4.46. The minimum Gasteiger partial charge on any atom is -0.465 e. The van der Waals surface area contributed by atoms with Crippen molar-refractivity contribution in [2.24, 2.45) is 0 Å². The molecule has 2 aromatic rings. The lowest BCUT2D eigenvalue weighted by Gasteiger charge is -2.22. The number of carbonyl (C=O) groups is 1. The van der Waals surface area contributed by atoms with Crippen molar-refractivity contribution in [3.63, 3.8) is 0 Å². The largest absolute Gasteiger partial charge is 0.465 e. The van der Waals surface area contributed by atoms with E-state index in [0.29, 0.717) is 24.2 Å². The molecule has 0 fully saturated rings. The number of benzene rings is 1. The molecular weight excluding hydrogens is 282 g/mol. The first-order chi connectivity index (χ1) is 10.6. The SMILES string of the molecule is Nc1ccc(CCN(C[C@H](O)c2cccnc2)C(=O)O)cc1. The Hall–Kier alpha value is -2.60. The number of amides is 1.